The lowest BCUT2D eigenvalue weighted by molar-refractivity contribution is -0.221. The van der Waals surface area contributed by atoms with Crippen LogP contribution < -0.4 is 22.7 Å². The van der Waals surface area contributed by atoms with E-state index < -0.39 is 59.8 Å². The second kappa shape index (κ2) is 17.1. The van der Waals surface area contributed by atoms with Crippen LogP contribution in [0, 0.1) is 13.8 Å². The summed E-state index contributed by atoms with van der Waals surface area (Å²) in [5.74, 6) is -13.2. The van der Waals surface area contributed by atoms with Gasteiger partial charge in [-0.15, -0.1) is 0 Å². The van der Waals surface area contributed by atoms with Gasteiger partial charge in [-0.25, -0.2) is 0 Å². The minimum atomic E-state index is -4.92. The van der Waals surface area contributed by atoms with E-state index in [0.717, 1.165) is 14.7 Å². The van der Waals surface area contributed by atoms with Crippen LogP contribution in [-0.4, -0.2) is 73.3 Å². The molecule has 0 saturated carbocycles. The number of carbonyl (C=O) groups is 4. The van der Waals surface area contributed by atoms with E-state index in [2.05, 4.69) is 20.2 Å². The second-order valence-corrected chi connectivity index (χ2v) is 15.5. The van der Waals surface area contributed by atoms with Gasteiger partial charge in [0.25, 0.3) is 11.8 Å². The fraction of sp³-hybridized carbons (Fsp3) is 0.318. The Bertz CT molecular complexity index is 3150. The molecule has 0 spiro atoms. The summed E-state index contributed by atoms with van der Waals surface area (Å²) in [7, 11) is 2.80. The van der Waals surface area contributed by atoms with Crippen molar-refractivity contribution in [1.82, 2.24) is 37.8 Å². The van der Waals surface area contributed by atoms with E-state index >= 15 is 17.6 Å². The second-order valence-electron chi connectivity index (χ2n) is 15.5. The van der Waals surface area contributed by atoms with Gasteiger partial charge in [-0.05, 0) is 94.1 Å². The van der Waals surface area contributed by atoms with Crippen LogP contribution in [0.1, 0.15) is 78.1 Å². The van der Waals surface area contributed by atoms with Gasteiger partial charge in [-0.1, -0.05) is 30.3 Å². The molecule has 4 amide bonds. The topological polar surface area (TPSA) is 200 Å². The number of alkyl halides is 4. The first-order valence-electron chi connectivity index (χ1n) is 20.3. The number of rotatable bonds is 14. The van der Waals surface area contributed by atoms with Crippen molar-refractivity contribution in [2.75, 3.05) is 0 Å². The van der Waals surface area contributed by atoms with E-state index in [1.165, 1.54) is 75.1 Å². The molecular weight excluding hydrogens is 837 g/mol. The number of aryl methyl sites for hydroxylation is 8. The quantitative estimate of drug-likeness (QED) is 0.148. The lowest BCUT2D eigenvalue weighted by Gasteiger charge is -2.28. The Morgan fingerprint density at radius 2 is 1.12 bits per heavy atom. The molecule has 0 radical (unpaired) electrons. The van der Waals surface area contributed by atoms with Gasteiger partial charge in [0.2, 0.25) is 23.1 Å². The number of hydrogen-bond donors (Lipinski definition) is 2. The molecule has 4 N–H and O–H groups in total. The highest BCUT2D eigenvalue weighted by molar-refractivity contribution is 5.98. The van der Waals surface area contributed by atoms with Gasteiger partial charge in [0, 0.05) is 38.3 Å². The van der Waals surface area contributed by atoms with Gasteiger partial charge in [0.15, 0.2) is 0 Å². The molecule has 0 aliphatic heterocycles. The number of primary amides is 2. The zero-order chi connectivity index (χ0) is 46.4. The molecule has 334 valence electrons. The van der Waals surface area contributed by atoms with Crippen LogP contribution in [0.4, 0.5) is 17.6 Å². The summed E-state index contributed by atoms with van der Waals surface area (Å²) in [6, 6.07) is 18.7. The van der Waals surface area contributed by atoms with Gasteiger partial charge in [0.1, 0.15) is 11.4 Å². The number of aromatic nitrogens is 8. The van der Waals surface area contributed by atoms with E-state index in [4.69, 9.17) is 11.5 Å². The van der Waals surface area contributed by atoms with Gasteiger partial charge in [-0.2, -0.15) is 37.7 Å². The molecule has 0 unspecified atom stereocenters. The Kier molecular flexibility index (Phi) is 11.9. The average Bonchev–Trinajstić information content (AvgIpc) is 3.98. The number of amides is 4. The predicted molar refractivity (Wildman–Crippen MR) is 228 cm³/mol. The maximum absolute atomic E-state index is 17.0. The van der Waals surface area contributed by atoms with E-state index in [-0.39, 0.29) is 64.1 Å². The van der Waals surface area contributed by atoms with Gasteiger partial charge in [0.05, 0.1) is 46.5 Å². The predicted octanol–water partition coefficient (Wildman–Crippen LogP) is 4.76. The molecular formula is C44H46F4N12O4. The molecule has 3 aromatic carbocycles. The number of nitrogens with zero attached hydrogens (tertiary/aromatic N) is 10. The largest absolute Gasteiger partial charge is 0.366 e. The molecule has 0 aliphatic carbocycles. The van der Waals surface area contributed by atoms with Crippen molar-refractivity contribution in [2.45, 2.75) is 78.6 Å². The summed E-state index contributed by atoms with van der Waals surface area (Å²) in [6.07, 6.45) is 0.510. The lowest BCUT2D eigenvalue weighted by Crippen LogP contribution is -2.49. The minimum absolute atomic E-state index is 0.00667. The molecule has 0 bridgehead atoms. The molecule has 0 fully saturated rings. The van der Waals surface area contributed by atoms with Gasteiger partial charge >= 0.3 is 11.8 Å². The van der Waals surface area contributed by atoms with Crippen LogP contribution in [0.25, 0.3) is 22.1 Å². The van der Waals surface area contributed by atoms with Crippen molar-refractivity contribution >= 4 is 45.7 Å². The zero-order valence-electron chi connectivity index (χ0n) is 35.9. The molecule has 20 heteroatoms. The third-order valence-corrected chi connectivity index (χ3v) is 11.1. The van der Waals surface area contributed by atoms with E-state index in [0.29, 0.717) is 23.4 Å². The zero-order valence-corrected chi connectivity index (χ0v) is 35.9. The molecule has 4 heterocycles. The van der Waals surface area contributed by atoms with Crippen molar-refractivity contribution in [3.8, 4) is 0 Å². The number of benzene rings is 3. The lowest BCUT2D eigenvalue weighted by atomic mass is 10.00. The molecule has 4 aromatic heterocycles. The summed E-state index contributed by atoms with van der Waals surface area (Å²) >= 11 is 0. The highest BCUT2D eigenvalue weighted by atomic mass is 19.3. The van der Waals surface area contributed by atoms with Crippen LogP contribution in [0.2, 0.25) is 0 Å². The number of halogens is 4. The number of carbonyl (C=O) groups excluding carboxylic acids is 4. The maximum atomic E-state index is 17.0. The molecule has 16 nitrogen and oxygen atoms in total. The molecule has 7 aromatic rings. The van der Waals surface area contributed by atoms with Crippen molar-refractivity contribution < 1.29 is 36.7 Å². The first-order chi connectivity index (χ1) is 30.2. The van der Waals surface area contributed by atoms with Gasteiger partial charge < -0.3 is 29.7 Å². The van der Waals surface area contributed by atoms with E-state index in [1.54, 1.807) is 27.7 Å². The molecule has 0 atom stereocenters. The number of nitrogens with two attached hydrogens (primary N) is 2. The summed E-state index contributed by atoms with van der Waals surface area (Å²) in [4.78, 5) is 60.7. The Balaban J connectivity index is 1.41. The van der Waals surface area contributed by atoms with Crippen LogP contribution in [0.5, 0.6) is 0 Å². The van der Waals surface area contributed by atoms with E-state index in [9.17, 15) is 19.2 Å². The van der Waals surface area contributed by atoms with Crippen molar-refractivity contribution in [2.24, 2.45) is 35.5 Å². The molecule has 0 saturated heterocycles. The highest BCUT2D eigenvalue weighted by Crippen LogP contribution is 2.38. The average molecular weight is 883 g/mol. The monoisotopic (exact) mass is 882 g/mol. The number of hydrogen-bond acceptors (Lipinski definition) is 6. The highest BCUT2D eigenvalue weighted by Gasteiger charge is 2.57. The normalized spacial score (nSPS) is 12.8. The first kappa shape index (κ1) is 44.7. The van der Waals surface area contributed by atoms with Crippen LogP contribution in [0.15, 0.2) is 82.8 Å². The molecule has 7 rings (SSSR count). The minimum Gasteiger partial charge on any atom is -0.366 e. The van der Waals surface area contributed by atoms with Crippen LogP contribution in [-0.2, 0) is 53.1 Å². The van der Waals surface area contributed by atoms with E-state index in [1.807, 2.05) is 30.3 Å². The summed E-state index contributed by atoms with van der Waals surface area (Å²) in [5.41, 5.74) is 12.8. The van der Waals surface area contributed by atoms with Crippen molar-refractivity contribution in [1.29, 1.82) is 0 Å². The van der Waals surface area contributed by atoms with Crippen molar-refractivity contribution in [3.05, 3.63) is 129 Å². The number of imidazole rings is 2. The Hall–Kier alpha value is -7.38. The SMILES string of the molecule is CCn1nc(C)cc1C(=O)/N=c1\n(C)c2cc(C(N)=O)ccc2n1CC(F)(F)C(F)(F)Cn1/c(=N/C(=O)c2cc(C)nn2CC)n(C)c2cc(C(N)=O)cc(CCc3ccccc3)c21. The summed E-state index contributed by atoms with van der Waals surface area (Å²) < 4.78 is 74.7. The van der Waals surface area contributed by atoms with Crippen molar-refractivity contribution in [3.63, 3.8) is 0 Å². The summed E-state index contributed by atoms with van der Waals surface area (Å²) in [5, 5.41) is 8.54. The molecule has 64 heavy (non-hydrogen) atoms. The standard InChI is InChI=1S/C44H46F4N12O4/c1-7-59-34(18-25(3)53-59)39(63)51-41-55(5)32-21-29(37(49)61)16-17-31(32)57(41)23-43(45,46)44(47,48)24-58-36-28(15-14-27-12-10-9-11-13-27)20-30(38(50)62)22-33(36)56(6)42(58)52-40(64)35-19-26(4)54-60(35)8-2/h9-13,16-22H,7-8,14-15,23-24H2,1-6H3,(H2,49,61)(H2,50,62)/b51-41+,52-42+. The Morgan fingerprint density at radius 3 is 1.66 bits per heavy atom. The smallest absolute Gasteiger partial charge is 0.329 e. The Morgan fingerprint density at radius 1 is 0.625 bits per heavy atom. The summed E-state index contributed by atoms with van der Waals surface area (Å²) in [6.45, 7) is 3.93. The first-order valence-corrected chi connectivity index (χ1v) is 20.3. The van der Waals surface area contributed by atoms with Gasteiger partial charge in [-0.3, -0.25) is 28.5 Å². The maximum Gasteiger partial charge on any atom is 0.329 e. The van der Waals surface area contributed by atoms with Crippen LogP contribution >= 0.6 is 0 Å². The third kappa shape index (κ3) is 8.29. The third-order valence-electron chi connectivity index (χ3n) is 11.1. The van der Waals surface area contributed by atoms with Crippen LogP contribution in [0.3, 0.4) is 0 Å². The fourth-order valence-corrected chi connectivity index (χ4v) is 7.88. The fourth-order valence-electron chi connectivity index (χ4n) is 7.88. The number of fused-ring (bicyclic) bond motifs is 2. The Labute approximate surface area is 362 Å². The molecule has 0 aliphatic rings.